The third-order valence-corrected chi connectivity index (χ3v) is 5.40. The van der Waals surface area contributed by atoms with E-state index in [-0.39, 0.29) is 11.5 Å². The molecule has 6 heteroatoms. The van der Waals surface area contributed by atoms with Gasteiger partial charge in [-0.15, -0.1) is 0 Å². The standard InChI is InChI=1S/C15H20O5S/c1-11(15(16)19-2)10-21(17,18)8-6-12-3-4-14-13(9-12)5-7-20-14/h3-4,9,11H,5-8,10H2,1-2H3. The highest BCUT2D eigenvalue weighted by atomic mass is 32.2. The normalized spacial score (nSPS) is 15.1. The Morgan fingerprint density at radius 2 is 2.19 bits per heavy atom. The van der Waals surface area contributed by atoms with E-state index in [2.05, 4.69) is 4.74 Å². The number of fused-ring (bicyclic) bond motifs is 1. The third-order valence-electron chi connectivity index (χ3n) is 3.56. The van der Waals surface area contributed by atoms with Crippen LogP contribution in [0.5, 0.6) is 5.75 Å². The van der Waals surface area contributed by atoms with Crippen LogP contribution in [0.15, 0.2) is 18.2 Å². The first kappa shape index (κ1) is 15.8. The lowest BCUT2D eigenvalue weighted by molar-refractivity contribution is -0.144. The van der Waals surface area contributed by atoms with Crippen LogP contribution in [-0.2, 0) is 32.2 Å². The van der Waals surface area contributed by atoms with Gasteiger partial charge in [0.05, 0.1) is 31.1 Å². The highest BCUT2D eigenvalue weighted by molar-refractivity contribution is 7.91. The maximum Gasteiger partial charge on any atom is 0.309 e. The third kappa shape index (κ3) is 4.20. The van der Waals surface area contributed by atoms with Gasteiger partial charge in [0.2, 0.25) is 0 Å². The van der Waals surface area contributed by atoms with Crippen molar-refractivity contribution in [1.82, 2.24) is 0 Å². The lowest BCUT2D eigenvalue weighted by Gasteiger charge is -2.10. The van der Waals surface area contributed by atoms with Gasteiger partial charge in [-0.1, -0.05) is 19.1 Å². The second-order valence-electron chi connectivity index (χ2n) is 5.33. The first-order chi connectivity index (χ1) is 9.91. The quantitative estimate of drug-likeness (QED) is 0.742. The number of ether oxygens (including phenoxy) is 2. The van der Waals surface area contributed by atoms with E-state index in [9.17, 15) is 13.2 Å². The number of carbonyl (C=O) groups excluding carboxylic acids is 1. The number of benzene rings is 1. The number of aryl methyl sites for hydroxylation is 1. The summed E-state index contributed by atoms with van der Waals surface area (Å²) in [5, 5.41) is 0. The molecular weight excluding hydrogens is 292 g/mol. The van der Waals surface area contributed by atoms with Crippen molar-refractivity contribution in [2.75, 3.05) is 25.2 Å². The fraction of sp³-hybridized carbons (Fsp3) is 0.533. The van der Waals surface area contributed by atoms with E-state index in [1.165, 1.54) is 7.11 Å². The molecule has 1 atom stereocenters. The molecule has 0 fully saturated rings. The molecule has 0 amide bonds. The SMILES string of the molecule is COC(=O)C(C)CS(=O)(=O)CCc1ccc2c(c1)CCO2. The lowest BCUT2D eigenvalue weighted by atomic mass is 10.1. The average Bonchev–Trinajstić information content (AvgIpc) is 2.91. The topological polar surface area (TPSA) is 69.7 Å². The highest BCUT2D eigenvalue weighted by Gasteiger charge is 2.22. The summed E-state index contributed by atoms with van der Waals surface area (Å²) in [6, 6.07) is 5.78. The fourth-order valence-corrected chi connectivity index (χ4v) is 4.01. The van der Waals surface area contributed by atoms with Gasteiger partial charge in [-0.05, 0) is 23.6 Å². The zero-order valence-electron chi connectivity index (χ0n) is 12.3. The molecule has 21 heavy (non-hydrogen) atoms. The van der Waals surface area contributed by atoms with Crippen LogP contribution in [0.2, 0.25) is 0 Å². The molecule has 1 unspecified atom stereocenters. The molecule has 0 aromatic heterocycles. The molecule has 1 aliphatic heterocycles. The largest absolute Gasteiger partial charge is 0.493 e. The van der Waals surface area contributed by atoms with Crippen molar-refractivity contribution in [2.24, 2.45) is 5.92 Å². The van der Waals surface area contributed by atoms with Crippen molar-refractivity contribution in [3.63, 3.8) is 0 Å². The predicted molar refractivity (Wildman–Crippen MR) is 79.2 cm³/mol. The van der Waals surface area contributed by atoms with Gasteiger partial charge in [0.1, 0.15) is 5.75 Å². The summed E-state index contributed by atoms with van der Waals surface area (Å²) in [4.78, 5) is 11.3. The van der Waals surface area contributed by atoms with Crippen LogP contribution >= 0.6 is 0 Å². The molecule has 0 bridgehead atoms. The first-order valence-corrected chi connectivity index (χ1v) is 8.76. The zero-order valence-corrected chi connectivity index (χ0v) is 13.1. The number of carbonyl (C=O) groups is 1. The van der Waals surface area contributed by atoms with Crippen LogP contribution in [-0.4, -0.2) is 39.6 Å². The van der Waals surface area contributed by atoms with Crippen molar-refractivity contribution < 1.29 is 22.7 Å². The van der Waals surface area contributed by atoms with E-state index in [4.69, 9.17) is 4.74 Å². The van der Waals surface area contributed by atoms with Crippen LogP contribution in [0.3, 0.4) is 0 Å². The number of rotatable bonds is 6. The Kier molecular flexibility index (Phi) is 4.88. The minimum Gasteiger partial charge on any atom is -0.493 e. The molecule has 0 aliphatic carbocycles. The Bertz CT molecular complexity index is 621. The fourth-order valence-electron chi connectivity index (χ4n) is 2.40. The molecule has 1 aromatic carbocycles. The van der Waals surface area contributed by atoms with Gasteiger partial charge in [0, 0.05) is 6.42 Å². The van der Waals surface area contributed by atoms with Crippen molar-refractivity contribution in [3.05, 3.63) is 29.3 Å². The van der Waals surface area contributed by atoms with Crippen LogP contribution in [0.1, 0.15) is 18.1 Å². The maximum atomic E-state index is 12.0. The maximum absolute atomic E-state index is 12.0. The second kappa shape index (κ2) is 6.47. The van der Waals surface area contributed by atoms with E-state index in [1.54, 1.807) is 6.92 Å². The Hall–Kier alpha value is -1.56. The first-order valence-electron chi connectivity index (χ1n) is 6.94. The Morgan fingerprint density at radius 3 is 2.90 bits per heavy atom. The number of methoxy groups -OCH3 is 1. The van der Waals surface area contributed by atoms with Crippen molar-refractivity contribution >= 4 is 15.8 Å². The monoisotopic (exact) mass is 312 g/mol. The predicted octanol–water partition coefficient (Wildman–Crippen LogP) is 1.39. The molecule has 0 saturated carbocycles. The number of esters is 1. The van der Waals surface area contributed by atoms with E-state index in [1.807, 2.05) is 18.2 Å². The molecule has 2 rings (SSSR count). The van der Waals surface area contributed by atoms with Crippen LogP contribution in [0, 0.1) is 5.92 Å². The van der Waals surface area contributed by atoms with Crippen molar-refractivity contribution in [3.8, 4) is 5.75 Å². The summed E-state index contributed by atoms with van der Waals surface area (Å²) in [6.07, 6.45) is 1.32. The Labute approximate surface area is 125 Å². The molecule has 1 heterocycles. The molecule has 0 radical (unpaired) electrons. The van der Waals surface area contributed by atoms with Gasteiger partial charge in [-0.3, -0.25) is 4.79 Å². The molecule has 0 spiro atoms. The van der Waals surface area contributed by atoms with Gasteiger partial charge in [0.15, 0.2) is 9.84 Å². The van der Waals surface area contributed by atoms with Crippen molar-refractivity contribution in [1.29, 1.82) is 0 Å². The molecule has 1 aliphatic rings. The van der Waals surface area contributed by atoms with E-state index < -0.39 is 21.7 Å². The summed E-state index contributed by atoms with van der Waals surface area (Å²) in [7, 11) is -2.02. The van der Waals surface area contributed by atoms with Gasteiger partial charge >= 0.3 is 5.97 Å². The summed E-state index contributed by atoms with van der Waals surface area (Å²) in [6.45, 7) is 2.25. The second-order valence-corrected chi connectivity index (χ2v) is 7.56. The number of sulfone groups is 1. The molecule has 116 valence electrons. The van der Waals surface area contributed by atoms with Crippen molar-refractivity contribution in [2.45, 2.75) is 19.8 Å². The van der Waals surface area contributed by atoms with Crippen LogP contribution in [0.4, 0.5) is 0 Å². The number of hydrogen-bond acceptors (Lipinski definition) is 5. The van der Waals surface area contributed by atoms with Crippen LogP contribution in [0.25, 0.3) is 0 Å². The summed E-state index contributed by atoms with van der Waals surface area (Å²) in [5.41, 5.74) is 2.11. The Balaban J connectivity index is 1.94. The minimum atomic E-state index is -3.28. The Morgan fingerprint density at radius 1 is 1.43 bits per heavy atom. The smallest absolute Gasteiger partial charge is 0.309 e. The van der Waals surface area contributed by atoms with E-state index in [0.29, 0.717) is 13.0 Å². The van der Waals surface area contributed by atoms with Crippen LogP contribution < -0.4 is 4.74 Å². The molecular formula is C15H20O5S. The lowest BCUT2D eigenvalue weighted by Crippen LogP contribution is -2.24. The number of hydrogen-bond donors (Lipinski definition) is 0. The average molecular weight is 312 g/mol. The minimum absolute atomic E-state index is 0.0357. The molecule has 5 nitrogen and oxygen atoms in total. The van der Waals surface area contributed by atoms with Gasteiger partial charge < -0.3 is 9.47 Å². The van der Waals surface area contributed by atoms with E-state index in [0.717, 1.165) is 23.3 Å². The van der Waals surface area contributed by atoms with Gasteiger partial charge in [-0.25, -0.2) is 8.42 Å². The zero-order chi connectivity index (χ0) is 15.5. The summed E-state index contributed by atoms with van der Waals surface area (Å²) >= 11 is 0. The van der Waals surface area contributed by atoms with Gasteiger partial charge in [-0.2, -0.15) is 0 Å². The van der Waals surface area contributed by atoms with Gasteiger partial charge in [0.25, 0.3) is 0 Å². The molecule has 0 saturated heterocycles. The molecule has 0 N–H and O–H groups in total. The molecule has 1 aromatic rings. The summed E-state index contributed by atoms with van der Waals surface area (Å²) < 4.78 is 34.0. The van der Waals surface area contributed by atoms with E-state index >= 15 is 0 Å². The summed E-state index contributed by atoms with van der Waals surface area (Å²) in [5.74, 6) is -0.371. The highest BCUT2D eigenvalue weighted by Crippen LogP contribution is 2.26.